The summed E-state index contributed by atoms with van der Waals surface area (Å²) in [6.45, 7) is 4.20. The second-order valence-corrected chi connectivity index (χ2v) is 29.5. The molecule has 0 aromatic heterocycles. The van der Waals surface area contributed by atoms with E-state index in [0.717, 1.165) is 64.2 Å². The first-order valence-electron chi connectivity index (χ1n) is 39.5. The summed E-state index contributed by atoms with van der Waals surface area (Å²) in [5.74, 6) is -0.808. The fraction of sp³-hybridized carbons (Fsp3) is 0.852. The predicted molar refractivity (Wildman–Crippen MR) is 393 cm³/mol. The number of esters is 2. The molecule has 2 unspecified atom stereocenters. The Bertz CT molecular complexity index is 1720. The van der Waals surface area contributed by atoms with Gasteiger partial charge in [0.1, 0.15) is 19.8 Å². The van der Waals surface area contributed by atoms with Gasteiger partial charge in [-0.15, -0.1) is 0 Å². The Labute approximate surface area is 566 Å². The Morgan fingerprint density at radius 1 is 0.352 bits per heavy atom. The highest BCUT2D eigenvalue weighted by atomic mass is 31.2. The van der Waals surface area contributed by atoms with Crippen molar-refractivity contribution in [1.29, 1.82) is 0 Å². The molecule has 0 bridgehead atoms. The van der Waals surface area contributed by atoms with Gasteiger partial charge in [-0.05, 0) is 57.8 Å². The molecule has 0 aliphatic carbocycles. The minimum Gasteiger partial charge on any atom is -0.756 e. The van der Waals surface area contributed by atoms with Crippen LogP contribution >= 0.6 is 7.82 Å². The van der Waals surface area contributed by atoms with Crippen molar-refractivity contribution < 1.29 is 42.1 Å². The molecule has 0 saturated heterocycles. The van der Waals surface area contributed by atoms with Crippen molar-refractivity contribution in [3.8, 4) is 0 Å². The van der Waals surface area contributed by atoms with Crippen LogP contribution in [0.2, 0.25) is 0 Å². The molecule has 0 saturated carbocycles. The number of carbonyl (C=O) groups excluding carboxylic acids is 2. The second-order valence-electron chi connectivity index (χ2n) is 28.1. The van der Waals surface area contributed by atoms with Crippen LogP contribution in [0.15, 0.2) is 60.8 Å². The maximum atomic E-state index is 12.9. The van der Waals surface area contributed by atoms with Gasteiger partial charge in [-0.1, -0.05) is 383 Å². The number of phosphoric acid groups is 1. The van der Waals surface area contributed by atoms with E-state index >= 15 is 0 Å². The molecule has 0 fully saturated rings. The van der Waals surface area contributed by atoms with Crippen LogP contribution in [0.3, 0.4) is 0 Å². The van der Waals surface area contributed by atoms with Gasteiger partial charge in [-0.25, -0.2) is 0 Å². The van der Waals surface area contributed by atoms with Gasteiger partial charge >= 0.3 is 11.9 Å². The molecule has 2 atom stereocenters. The van der Waals surface area contributed by atoms with E-state index in [1.165, 1.54) is 295 Å². The molecule has 0 aromatic carbocycles. The standard InChI is InChI=1S/C81H152NO8P/c1-6-8-10-12-14-16-18-20-22-24-26-28-30-32-34-36-37-38-39-40-41-42-43-44-45-46-48-50-52-54-56-58-60-62-64-66-68-70-72-74-81(84)90-79(78-89-91(85,86)88-76-75-82(3,4)5)77-87-80(83)73-71-69-67-65-63-61-59-57-55-53-51-49-47-35-33-31-29-27-25-23-21-19-17-15-13-11-9-7-2/h8,10,14,16,20,22,26,28,32,34,79H,6-7,9,11-13,15,17-19,21,23-25,27,29-31,33,35-78H2,1-5H3/b10-8-,16-14-,22-20-,28-26-,34-32-. The average Bonchev–Trinajstić information content (AvgIpc) is 3.30. The Balaban J connectivity index is 3.91. The number of hydrogen-bond acceptors (Lipinski definition) is 8. The maximum absolute atomic E-state index is 12.9. The van der Waals surface area contributed by atoms with Crippen LogP contribution in [0.4, 0.5) is 0 Å². The molecule has 9 nitrogen and oxygen atoms in total. The molecule has 0 heterocycles. The van der Waals surface area contributed by atoms with Crippen molar-refractivity contribution in [1.82, 2.24) is 0 Å². The molecular formula is C81H152NO8P. The molecule has 0 aromatic rings. The maximum Gasteiger partial charge on any atom is 0.306 e. The third kappa shape index (κ3) is 76.6. The summed E-state index contributed by atoms with van der Waals surface area (Å²) in [7, 11) is 1.19. The summed E-state index contributed by atoms with van der Waals surface area (Å²) in [5, 5.41) is 0. The monoisotopic (exact) mass is 1300 g/mol. The number of ether oxygens (including phenoxy) is 2. The Morgan fingerprint density at radius 3 is 0.934 bits per heavy atom. The number of likely N-dealkylation sites (N-methyl/N-ethyl adjacent to an activating group) is 1. The predicted octanol–water partition coefficient (Wildman–Crippen LogP) is 25.5. The summed E-state index contributed by atoms with van der Waals surface area (Å²) in [6.07, 6.45) is 96.3. The third-order valence-electron chi connectivity index (χ3n) is 17.8. The number of unbranched alkanes of at least 4 members (excludes halogenated alkanes) is 50. The highest BCUT2D eigenvalue weighted by Gasteiger charge is 2.22. The van der Waals surface area contributed by atoms with Gasteiger partial charge in [0.2, 0.25) is 0 Å². The van der Waals surface area contributed by atoms with E-state index in [9.17, 15) is 19.0 Å². The molecule has 0 spiro atoms. The minimum absolute atomic E-state index is 0.0278. The summed E-state index contributed by atoms with van der Waals surface area (Å²) < 4.78 is 34.4. The van der Waals surface area contributed by atoms with Gasteiger partial charge in [-0.3, -0.25) is 14.2 Å². The molecule has 0 amide bonds. The van der Waals surface area contributed by atoms with Crippen LogP contribution in [-0.2, 0) is 32.7 Å². The van der Waals surface area contributed by atoms with Gasteiger partial charge in [0.05, 0.1) is 27.7 Å². The third-order valence-corrected chi connectivity index (χ3v) is 18.8. The lowest BCUT2D eigenvalue weighted by Gasteiger charge is -2.28. The highest BCUT2D eigenvalue weighted by molar-refractivity contribution is 7.45. The van der Waals surface area contributed by atoms with E-state index in [2.05, 4.69) is 74.6 Å². The van der Waals surface area contributed by atoms with Crippen molar-refractivity contribution in [2.45, 2.75) is 399 Å². The quantitative estimate of drug-likeness (QED) is 0.0195. The van der Waals surface area contributed by atoms with Crippen molar-refractivity contribution >= 4 is 19.8 Å². The fourth-order valence-electron chi connectivity index (χ4n) is 11.8. The lowest BCUT2D eigenvalue weighted by molar-refractivity contribution is -0.870. The minimum atomic E-state index is -4.64. The molecule has 534 valence electrons. The average molecular weight is 1300 g/mol. The molecule has 91 heavy (non-hydrogen) atoms. The molecule has 0 aliphatic rings. The number of carbonyl (C=O) groups is 2. The lowest BCUT2D eigenvalue weighted by atomic mass is 10.0. The first kappa shape index (κ1) is 88.7. The smallest absolute Gasteiger partial charge is 0.306 e. The van der Waals surface area contributed by atoms with E-state index in [4.69, 9.17) is 18.5 Å². The van der Waals surface area contributed by atoms with Crippen LogP contribution in [0.1, 0.15) is 393 Å². The van der Waals surface area contributed by atoms with Gasteiger partial charge in [0.15, 0.2) is 6.10 Å². The van der Waals surface area contributed by atoms with Crippen LogP contribution in [0, 0.1) is 0 Å². The molecule has 0 aliphatic heterocycles. The molecule has 0 rings (SSSR count). The van der Waals surface area contributed by atoms with Gasteiger partial charge in [0, 0.05) is 12.8 Å². The number of rotatable bonds is 74. The van der Waals surface area contributed by atoms with Gasteiger partial charge < -0.3 is 27.9 Å². The summed E-state index contributed by atoms with van der Waals surface area (Å²) in [4.78, 5) is 38.2. The van der Waals surface area contributed by atoms with Gasteiger partial charge in [0.25, 0.3) is 7.82 Å². The normalized spacial score (nSPS) is 13.3. The topological polar surface area (TPSA) is 111 Å². The zero-order valence-electron chi connectivity index (χ0n) is 61.1. The van der Waals surface area contributed by atoms with E-state index < -0.39 is 26.5 Å². The lowest BCUT2D eigenvalue weighted by Crippen LogP contribution is -2.37. The van der Waals surface area contributed by atoms with Crippen LogP contribution in [0.5, 0.6) is 0 Å². The van der Waals surface area contributed by atoms with Crippen molar-refractivity contribution in [3.63, 3.8) is 0 Å². The first-order chi connectivity index (χ1) is 44.5. The molecular weight excluding hydrogens is 1150 g/mol. The summed E-state index contributed by atoms with van der Waals surface area (Å²) in [6, 6.07) is 0. The van der Waals surface area contributed by atoms with E-state index in [1.54, 1.807) is 0 Å². The molecule has 10 heteroatoms. The van der Waals surface area contributed by atoms with Crippen LogP contribution < -0.4 is 4.89 Å². The Hall–Kier alpha value is -2.29. The van der Waals surface area contributed by atoms with Crippen LogP contribution in [0.25, 0.3) is 0 Å². The molecule has 0 radical (unpaired) electrons. The largest absolute Gasteiger partial charge is 0.756 e. The zero-order valence-corrected chi connectivity index (χ0v) is 62.0. The number of hydrogen-bond donors (Lipinski definition) is 0. The van der Waals surface area contributed by atoms with Gasteiger partial charge in [-0.2, -0.15) is 0 Å². The van der Waals surface area contributed by atoms with Crippen LogP contribution in [-0.4, -0.2) is 70.0 Å². The van der Waals surface area contributed by atoms with E-state index in [0.29, 0.717) is 17.4 Å². The Morgan fingerprint density at radius 2 is 0.626 bits per heavy atom. The second kappa shape index (κ2) is 72.0. The number of phosphoric ester groups is 1. The van der Waals surface area contributed by atoms with E-state index in [-0.39, 0.29) is 32.0 Å². The van der Waals surface area contributed by atoms with Crippen molar-refractivity contribution in [2.75, 3.05) is 47.5 Å². The number of allylic oxidation sites excluding steroid dienone is 10. The SMILES string of the molecule is CC/C=C\C/C=C\C/C=C\C/C=C\C/C=C\CCCCCCCCCCCCCCCCCCCCCCCCCC(=O)OC(COC(=O)CCCCCCCCCCCCCCCCCCCCCCCCCCCCCC)COP(=O)([O-])OCC[N+](C)(C)C. The Kier molecular flexibility index (Phi) is 70.2. The van der Waals surface area contributed by atoms with Crippen molar-refractivity contribution in [3.05, 3.63) is 60.8 Å². The van der Waals surface area contributed by atoms with Crippen molar-refractivity contribution in [2.24, 2.45) is 0 Å². The van der Waals surface area contributed by atoms with E-state index in [1.807, 2.05) is 21.1 Å². The number of quaternary nitrogens is 1. The summed E-state index contributed by atoms with van der Waals surface area (Å²) in [5.41, 5.74) is 0. The highest BCUT2D eigenvalue weighted by Crippen LogP contribution is 2.38. The number of nitrogens with zero attached hydrogens (tertiary/aromatic N) is 1. The first-order valence-corrected chi connectivity index (χ1v) is 41.0. The summed E-state index contributed by atoms with van der Waals surface area (Å²) >= 11 is 0. The fourth-order valence-corrected chi connectivity index (χ4v) is 12.5. The zero-order chi connectivity index (χ0) is 66.2. The molecule has 0 N–H and O–H groups in total.